The molecule has 0 bridgehead atoms. The van der Waals surface area contributed by atoms with Crippen molar-refractivity contribution in [3.05, 3.63) is 92.9 Å². The molecule has 0 spiro atoms. The minimum Gasteiger partial charge on any atom is -0.508 e. The summed E-state index contributed by atoms with van der Waals surface area (Å²) in [6.07, 6.45) is 4.13. The molecule has 1 aliphatic rings. The molecule has 0 amide bonds. The summed E-state index contributed by atoms with van der Waals surface area (Å²) in [7, 11) is 1.42. The van der Waals surface area contributed by atoms with Crippen molar-refractivity contribution in [3.8, 4) is 45.4 Å². The molecule has 1 aliphatic carbocycles. The standard InChI is InChI=1S/C35H35NO7/c1-3-22-18-27-25-7-4-6-20(24(25)14-15-28(27)36-22)10-13-26-32(40)35(41-2)34(42-17-5-16-37)31-29(39)19-30(43-33(26)31)21-8-11-23(38)12-9-21/h4,6-9,11-12,18-19,36-38,40H,3,5,10,13-17H2,1-2H3. The van der Waals surface area contributed by atoms with E-state index in [1.54, 1.807) is 12.1 Å². The van der Waals surface area contributed by atoms with Crippen molar-refractivity contribution in [2.24, 2.45) is 0 Å². The van der Waals surface area contributed by atoms with E-state index in [4.69, 9.17) is 13.9 Å². The van der Waals surface area contributed by atoms with Crippen LogP contribution in [-0.2, 0) is 32.1 Å². The molecule has 0 saturated carbocycles. The van der Waals surface area contributed by atoms with E-state index in [0.29, 0.717) is 36.1 Å². The van der Waals surface area contributed by atoms with Crippen molar-refractivity contribution >= 4 is 11.0 Å². The van der Waals surface area contributed by atoms with Gasteiger partial charge in [-0.15, -0.1) is 0 Å². The zero-order valence-electron chi connectivity index (χ0n) is 24.3. The lowest BCUT2D eigenvalue weighted by atomic mass is 9.85. The van der Waals surface area contributed by atoms with E-state index in [0.717, 1.165) is 19.3 Å². The number of phenolic OH excluding ortho intramolecular Hbond substituents is 2. The molecule has 2 aromatic heterocycles. The van der Waals surface area contributed by atoms with Gasteiger partial charge < -0.3 is 34.2 Å². The van der Waals surface area contributed by atoms with E-state index in [-0.39, 0.29) is 52.6 Å². The molecule has 0 radical (unpaired) electrons. The highest BCUT2D eigenvalue weighted by Crippen LogP contribution is 2.47. The normalized spacial score (nSPS) is 12.3. The van der Waals surface area contributed by atoms with Crippen LogP contribution in [0.2, 0.25) is 0 Å². The number of aryl methyl sites for hydroxylation is 4. The quantitative estimate of drug-likeness (QED) is 0.147. The van der Waals surface area contributed by atoms with Crippen LogP contribution >= 0.6 is 0 Å². The number of aliphatic hydroxyl groups is 1. The van der Waals surface area contributed by atoms with E-state index >= 15 is 0 Å². The lowest BCUT2D eigenvalue weighted by Gasteiger charge is -2.21. The Morgan fingerprint density at radius 3 is 2.53 bits per heavy atom. The molecule has 5 aromatic rings. The fourth-order valence-corrected chi connectivity index (χ4v) is 6.07. The molecule has 43 heavy (non-hydrogen) atoms. The van der Waals surface area contributed by atoms with Gasteiger partial charge in [0.25, 0.3) is 0 Å². The Morgan fingerprint density at radius 1 is 0.977 bits per heavy atom. The fraction of sp³-hybridized carbons (Fsp3) is 0.286. The number of nitrogens with one attached hydrogen (secondary N) is 1. The molecule has 4 N–H and O–H groups in total. The molecule has 3 aromatic carbocycles. The number of aliphatic hydroxyl groups excluding tert-OH is 1. The van der Waals surface area contributed by atoms with Crippen molar-refractivity contribution in [3.63, 3.8) is 0 Å². The second kappa shape index (κ2) is 11.9. The van der Waals surface area contributed by atoms with Crippen LogP contribution in [0.4, 0.5) is 0 Å². The first-order valence-corrected chi connectivity index (χ1v) is 14.7. The summed E-state index contributed by atoms with van der Waals surface area (Å²) in [5, 5.41) is 30.8. The van der Waals surface area contributed by atoms with Gasteiger partial charge >= 0.3 is 0 Å². The maximum atomic E-state index is 13.7. The van der Waals surface area contributed by atoms with Gasteiger partial charge in [0.1, 0.15) is 22.5 Å². The number of aromatic amines is 1. The van der Waals surface area contributed by atoms with Crippen LogP contribution in [0.5, 0.6) is 23.0 Å². The van der Waals surface area contributed by atoms with Gasteiger partial charge in [-0.2, -0.15) is 0 Å². The van der Waals surface area contributed by atoms with Gasteiger partial charge in [0, 0.05) is 47.2 Å². The zero-order valence-corrected chi connectivity index (χ0v) is 24.3. The maximum absolute atomic E-state index is 13.7. The number of methoxy groups -OCH3 is 1. The van der Waals surface area contributed by atoms with Crippen LogP contribution in [-0.4, -0.2) is 40.6 Å². The summed E-state index contributed by atoms with van der Waals surface area (Å²) in [4.78, 5) is 17.2. The predicted octanol–water partition coefficient (Wildman–Crippen LogP) is 6.08. The highest BCUT2D eigenvalue weighted by molar-refractivity contribution is 5.93. The second-order valence-electron chi connectivity index (χ2n) is 10.8. The molecule has 0 fully saturated rings. The minimum atomic E-state index is -0.355. The molecule has 2 heterocycles. The van der Waals surface area contributed by atoms with Crippen molar-refractivity contribution in [2.45, 2.75) is 45.4 Å². The Labute approximate surface area is 249 Å². The fourth-order valence-electron chi connectivity index (χ4n) is 6.07. The van der Waals surface area contributed by atoms with Crippen LogP contribution in [0.1, 0.15) is 41.4 Å². The predicted molar refractivity (Wildman–Crippen MR) is 165 cm³/mol. The number of aromatic hydroxyl groups is 2. The number of phenols is 2. The number of H-pyrrole nitrogens is 1. The molecule has 8 nitrogen and oxygen atoms in total. The summed E-state index contributed by atoms with van der Waals surface area (Å²) in [5.41, 5.74) is 8.37. The van der Waals surface area contributed by atoms with E-state index < -0.39 is 0 Å². The minimum absolute atomic E-state index is 0.0595. The molecule has 0 aliphatic heterocycles. The number of fused-ring (bicyclic) bond motifs is 4. The summed E-state index contributed by atoms with van der Waals surface area (Å²) >= 11 is 0. The zero-order chi connectivity index (χ0) is 30.1. The van der Waals surface area contributed by atoms with Gasteiger partial charge in [0.05, 0.1) is 13.7 Å². The van der Waals surface area contributed by atoms with Crippen LogP contribution in [0.3, 0.4) is 0 Å². The van der Waals surface area contributed by atoms with Gasteiger partial charge in [-0.3, -0.25) is 4.79 Å². The van der Waals surface area contributed by atoms with Crippen LogP contribution in [0.15, 0.2) is 63.8 Å². The molecule has 0 atom stereocenters. The molecule has 222 valence electrons. The van der Waals surface area contributed by atoms with Crippen molar-refractivity contribution in [1.29, 1.82) is 0 Å². The van der Waals surface area contributed by atoms with Gasteiger partial charge in [-0.05, 0) is 79.1 Å². The largest absolute Gasteiger partial charge is 0.508 e. The molecule has 0 unspecified atom stereocenters. The Hall–Kier alpha value is -4.69. The van der Waals surface area contributed by atoms with Crippen LogP contribution in [0.25, 0.3) is 33.4 Å². The average molecular weight is 582 g/mol. The Bertz CT molecular complexity index is 1850. The van der Waals surface area contributed by atoms with Gasteiger partial charge in [-0.25, -0.2) is 0 Å². The number of hydrogen-bond acceptors (Lipinski definition) is 7. The SMILES string of the molecule is CCc1cc2c([nH]1)CCc1c(CCc3c(O)c(OC)c(OCCCO)c4c(=O)cc(-c5ccc(O)cc5)oc34)cccc1-2. The van der Waals surface area contributed by atoms with Gasteiger partial charge in [0.2, 0.25) is 5.75 Å². The van der Waals surface area contributed by atoms with Crippen molar-refractivity contribution < 1.29 is 29.2 Å². The third-order valence-electron chi connectivity index (χ3n) is 8.23. The van der Waals surface area contributed by atoms with Crippen LogP contribution in [0, 0.1) is 0 Å². The number of rotatable bonds is 10. The highest BCUT2D eigenvalue weighted by Gasteiger charge is 2.27. The van der Waals surface area contributed by atoms with Gasteiger partial charge in [-0.1, -0.05) is 25.1 Å². The van der Waals surface area contributed by atoms with E-state index in [1.165, 1.54) is 59.0 Å². The molecule has 0 saturated heterocycles. The second-order valence-corrected chi connectivity index (χ2v) is 10.8. The van der Waals surface area contributed by atoms with E-state index in [1.807, 2.05) is 0 Å². The van der Waals surface area contributed by atoms with E-state index in [9.17, 15) is 20.1 Å². The highest BCUT2D eigenvalue weighted by atomic mass is 16.5. The van der Waals surface area contributed by atoms with E-state index in [2.05, 4.69) is 36.2 Å². The topological polar surface area (TPSA) is 125 Å². The number of benzene rings is 3. The van der Waals surface area contributed by atoms with Gasteiger partial charge in [0.15, 0.2) is 16.9 Å². The summed E-state index contributed by atoms with van der Waals surface area (Å²) < 4.78 is 17.8. The third kappa shape index (κ3) is 5.23. The first kappa shape index (κ1) is 28.4. The Kier molecular flexibility index (Phi) is 7.86. The Morgan fingerprint density at radius 2 is 1.79 bits per heavy atom. The number of hydrogen-bond donors (Lipinski definition) is 4. The first-order chi connectivity index (χ1) is 20.9. The lowest BCUT2D eigenvalue weighted by molar-refractivity contribution is 0.228. The molecular weight excluding hydrogens is 546 g/mol. The van der Waals surface area contributed by atoms with Crippen molar-refractivity contribution in [2.75, 3.05) is 20.3 Å². The lowest BCUT2D eigenvalue weighted by Crippen LogP contribution is -2.10. The number of aromatic nitrogens is 1. The maximum Gasteiger partial charge on any atom is 0.204 e. The summed E-state index contributed by atoms with van der Waals surface area (Å²) in [5.74, 6) is 0.392. The molecular formula is C35H35NO7. The third-order valence-corrected chi connectivity index (χ3v) is 8.23. The Balaban J connectivity index is 1.47. The molecule has 6 rings (SSSR count). The summed E-state index contributed by atoms with van der Waals surface area (Å²) in [6.45, 7) is 2.18. The average Bonchev–Trinajstić information content (AvgIpc) is 3.45. The monoisotopic (exact) mass is 581 g/mol. The molecule has 8 heteroatoms. The smallest absolute Gasteiger partial charge is 0.204 e. The van der Waals surface area contributed by atoms with Crippen molar-refractivity contribution in [1.82, 2.24) is 4.98 Å². The first-order valence-electron chi connectivity index (χ1n) is 14.7. The van der Waals surface area contributed by atoms with Crippen LogP contribution < -0.4 is 14.9 Å². The number of ether oxygens (including phenoxy) is 2. The summed E-state index contributed by atoms with van der Waals surface area (Å²) in [6, 6.07) is 16.4.